The Morgan fingerprint density at radius 2 is 1.55 bits per heavy atom. The van der Waals surface area contributed by atoms with Gasteiger partial charge in [0.1, 0.15) is 12.5 Å². The molecule has 0 aliphatic carbocycles. The molecule has 11 nitrogen and oxygen atoms in total. The molecule has 0 bridgehead atoms. The topological polar surface area (TPSA) is 127 Å². The number of piperidine rings is 1. The Labute approximate surface area is 182 Å². The first kappa shape index (κ1) is 26.1. The number of rotatable bonds is 7. The van der Waals surface area contributed by atoms with E-state index < -0.39 is 36.3 Å². The second-order valence-electron chi connectivity index (χ2n) is 8.10. The number of amides is 8. The first-order valence-corrected chi connectivity index (χ1v) is 10.3. The van der Waals surface area contributed by atoms with Crippen LogP contribution in [0.15, 0.2) is 0 Å². The van der Waals surface area contributed by atoms with E-state index >= 15 is 0 Å². The summed E-state index contributed by atoms with van der Waals surface area (Å²) in [5.74, 6) is -1.75. The fourth-order valence-electron chi connectivity index (χ4n) is 3.16. The maximum absolute atomic E-state index is 12.7. The average Bonchev–Trinajstić information content (AvgIpc) is 2.75. The first-order valence-electron chi connectivity index (χ1n) is 10.3. The van der Waals surface area contributed by atoms with Gasteiger partial charge in [0, 0.05) is 34.2 Å². The zero-order chi connectivity index (χ0) is 23.7. The van der Waals surface area contributed by atoms with Gasteiger partial charge < -0.3 is 10.2 Å². The lowest BCUT2D eigenvalue weighted by atomic mass is 10.0. The molecule has 0 spiro atoms. The summed E-state index contributed by atoms with van der Waals surface area (Å²) >= 11 is 0. The summed E-state index contributed by atoms with van der Waals surface area (Å²) in [5.41, 5.74) is 0. The predicted molar refractivity (Wildman–Crippen MR) is 112 cm³/mol. The molecule has 0 radical (unpaired) electrons. The SMILES string of the molecule is CC(C)C[C@H](NC(=O)N(C)C(=O)CC(=O)N1CCCCC1)C(=O)N(C)C(=O)N(C)C=O. The fourth-order valence-corrected chi connectivity index (χ4v) is 3.16. The van der Waals surface area contributed by atoms with Crippen molar-refractivity contribution in [1.82, 2.24) is 24.9 Å². The minimum absolute atomic E-state index is 0.0109. The molecule has 1 heterocycles. The van der Waals surface area contributed by atoms with E-state index in [2.05, 4.69) is 5.32 Å². The highest BCUT2D eigenvalue weighted by Gasteiger charge is 2.32. The molecular formula is C20H33N5O6. The van der Waals surface area contributed by atoms with Crippen LogP contribution in [0.3, 0.4) is 0 Å². The molecular weight excluding hydrogens is 406 g/mol. The zero-order valence-corrected chi connectivity index (χ0v) is 18.9. The van der Waals surface area contributed by atoms with Crippen molar-refractivity contribution in [3.8, 4) is 0 Å². The molecule has 0 aromatic carbocycles. The van der Waals surface area contributed by atoms with Gasteiger partial charge in [-0.15, -0.1) is 0 Å². The number of hydrogen-bond acceptors (Lipinski definition) is 6. The van der Waals surface area contributed by atoms with Crippen LogP contribution in [0.1, 0.15) is 46.0 Å². The lowest BCUT2D eigenvalue weighted by Crippen LogP contribution is -2.55. The third-order valence-corrected chi connectivity index (χ3v) is 5.07. The standard InChI is InChI=1S/C20H33N5O6/c1-14(2)11-15(18(29)24(5)20(31)22(3)13-26)21-19(30)23(4)16(27)12-17(28)25-9-7-6-8-10-25/h13-15H,6-12H2,1-5H3,(H,21,30)/t15-/m0/s1. The van der Waals surface area contributed by atoms with E-state index in [0.29, 0.717) is 18.0 Å². The fraction of sp³-hybridized carbons (Fsp3) is 0.700. The number of urea groups is 2. The van der Waals surface area contributed by atoms with Crippen LogP contribution >= 0.6 is 0 Å². The van der Waals surface area contributed by atoms with Crippen molar-refractivity contribution in [2.45, 2.75) is 52.0 Å². The summed E-state index contributed by atoms with van der Waals surface area (Å²) in [6.07, 6.45) is 2.87. The normalized spacial score (nSPS) is 14.5. The molecule has 31 heavy (non-hydrogen) atoms. The van der Waals surface area contributed by atoms with Crippen molar-refractivity contribution in [2.24, 2.45) is 5.92 Å². The minimum Gasteiger partial charge on any atom is -0.342 e. The van der Waals surface area contributed by atoms with Crippen molar-refractivity contribution in [1.29, 1.82) is 0 Å². The third kappa shape index (κ3) is 7.65. The van der Waals surface area contributed by atoms with Crippen molar-refractivity contribution in [2.75, 3.05) is 34.2 Å². The number of carbonyl (C=O) groups excluding carboxylic acids is 6. The Morgan fingerprint density at radius 3 is 2.06 bits per heavy atom. The van der Waals surface area contributed by atoms with Crippen molar-refractivity contribution < 1.29 is 28.8 Å². The zero-order valence-electron chi connectivity index (χ0n) is 18.9. The van der Waals surface area contributed by atoms with Gasteiger partial charge in [-0.25, -0.2) is 9.59 Å². The Balaban J connectivity index is 2.79. The van der Waals surface area contributed by atoms with Crippen LogP contribution in [-0.4, -0.2) is 96.1 Å². The highest BCUT2D eigenvalue weighted by Crippen LogP contribution is 2.12. The maximum atomic E-state index is 12.7. The van der Waals surface area contributed by atoms with Crippen LogP contribution in [-0.2, 0) is 19.2 Å². The number of likely N-dealkylation sites (N-methyl/N-ethyl adjacent to an activating group) is 1. The predicted octanol–water partition coefficient (Wildman–Crippen LogP) is 0.638. The smallest absolute Gasteiger partial charge is 0.332 e. The van der Waals surface area contributed by atoms with E-state index in [1.54, 1.807) is 4.90 Å². The molecule has 0 aromatic rings. The lowest BCUT2D eigenvalue weighted by molar-refractivity contribution is -0.139. The molecule has 0 unspecified atom stereocenters. The largest absolute Gasteiger partial charge is 0.342 e. The molecule has 1 rings (SSSR count). The van der Waals surface area contributed by atoms with Crippen molar-refractivity contribution in [3.05, 3.63) is 0 Å². The molecule has 1 fully saturated rings. The summed E-state index contributed by atoms with van der Waals surface area (Å²) in [6.45, 7) is 4.86. The van der Waals surface area contributed by atoms with E-state index in [1.807, 2.05) is 13.8 Å². The summed E-state index contributed by atoms with van der Waals surface area (Å²) < 4.78 is 0. The number of nitrogens with one attached hydrogen (secondary N) is 1. The van der Waals surface area contributed by atoms with Gasteiger partial charge in [-0.1, -0.05) is 13.8 Å². The molecule has 11 heteroatoms. The van der Waals surface area contributed by atoms with Crippen LogP contribution in [0.2, 0.25) is 0 Å². The molecule has 1 aliphatic heterocycles. The molecule has 1 aliphatic rings. The van der Waals surface area contributed by atoms with Gasteiger partial charge in [0.15, 0.2) is 0 Å². The van der Waals surface area contributed by atoms with E-state index in [0.717, 1.165) is 29.1 Å². The van der Waals surface area contributed by atoms with E-state index in [4.69, 9.17) is 0 Å². The van der Waals surface area contributed by atoms with E-state index in [-0.39, 0.29) is 24.7 Å². The Bertz CT molecular complexity index is 704. The van der Waals surface area contributed by atoms with Crippen LogP contribution < -0.4 is 5.32 Å². The van der Waals surface area contributed by atoms with Gasteiger partial charge in [-0.05, 0) is 31.6 Å². The third-order valence-electron chi connectivity index (χ3n) is 5.07. The Kier molecular flexibility index (Phi) is 10.1. The molecule has 174 valence electrons. The van der Waals surface area contributed by atoms with E-state index in [9.17, 15) is 28.8 Å². The summed E-state index contributed by atoms with van der Waals surface area (Å²) in [5, 5.41) is 2.47. The minimum atomic E-state index is -1.09. The maximum Gasteiger partial charge on any atom is 0.332 e. The lowest BCUT2D eigenvalue weighted by Gasteiger charge is -2.28. The molecule has 0 saturated carbocycles. The molecule has 1 atom stereocenters. The second-order valence-corrected chi connectivity index (χ2v) is 8.10. The summed E-state index contributed by atoms with van der Waals surface area (Å²) in [4.78, 5) is 76.7. The molecule has 1 N–H and O–H groups in total. The quantitative estimate of drug-likeness (QED) is 0.458. The summed E-state index contributed by atoms with van der Waals surface area (Å²) in [7, 11) is 3.64. The highest BCUT2D eigenvalue weighted by atomic mass is 16.2. The number of hydrogen-bond donors (Lipinski definition) is 1. The van der Waals surface area contributed by atoms with Gasteiger partial charge in [-0.3, -0.25) is 33.9 Å². The van der Waals surface area contributed by atoms with Gasteiger partial charge in [-0.2, -0.15) is 0 Å². The van der Waals surface area contributed by atoms with Gasteiger partial charge in [0.05, 0.1) is 0 Å². The number of likely N-dealkylation sites (tertiary alicyclic amines) is 1. The monoisotopic (exact) mass is 439 g/mol. The van der Waals surface area contributed by atoms with Crippen molar-refractivity contribution >= 4 is 36.2 Å². The van der Waals surface area contributed by atoms with Gasteiger partial charge >= 0.3 is 12.1 Å². The van der Waals surface area contributed by atoms with Gasteiger partial charge in [0.25, 0.3) is 5.91 Å². The number of imide groups is 3. The van der Waals surface area contributed by atoms with Crippen LogP contribution in [0.5, 0.6) is 0 Å². The van der Waals surface area contributed by atoms with Gasteiger partial charge in [0.2, 0.25) is 18.2 Å². The van der Waals surface area contributed by atoms with E-state index in [1.165, 1.54) is 21.1 Å². The highest BCUT2D eigenvalue weighted by molar-refractivity contribution is 6.05. The first-order chi connectivity index (χ1) is 14.5. The van der Waals surface area contributed by atoms with Crippen LogP contribution in [0.4, 0.5) is 9.59 Å². The van der Waals surface area contributed by atoms with Crippen LogP contribution in [0.25, 0.3) is 0 Å². The molecule has 1 saturated heterocycles. The van der Waals surface area contributed by atoms with Crippen molar-refractivity contribution in [3.63, 3.8) is 0 Å². The molecule has 8 amide bonds. The molecule has 0 aromatic heterocycles. The second kappa shape index (κ2) is 12.0. The number of nitrogens with zero attached hydrogens (tertiary/aromatic N) is 4. The summed E-state index contributed by atoms with van der Waals surface area (Å²) in [6, 6.07) is -2.78. The van der Waals surface area contributed by atoms with Crippen LogP contribution in [0, 0.1) is 5.92 Å². The number of carbonyl (C=O) groups is 6. The average molecular weight is 440 g/mol. The Morgan fingerprint density at radius 1 is 0.968 bits per heavy atom. The Hall–Kier alpha value is -2.98.